The minimum atomic E-state index is -0.301. The van der Waals surface area contributed by atoms with Gasteiger partial charge in [0.05, 0.1) is 32.7 Å². The molecule has 0 N–H and O–H groups in total. The van der Waals surface area contributed by atoms with Crippen LogP contribution in [-0.4, -0.2) is 37.4 Å². The highest BCUT2D eigenvalue weighted by atomic mass is 19.1. The fraction of sp³-hybridized carbons (Fsp3) is 0.355. The van der Waals surface area contributed by atoms with Crippen molar-refractivity contribution < 1.29 is 28.1 Å². The third-order valence-corrected chi connectivity index (χ3v) is 6.98. The fourth-order valence-corrected chi connectivity index (χ4v) is 5.07. The van der Waals surface area contributed by atoms with Crippen molar-refractivity contribution >= 4 is 5.97 Å². The van der Waals surface area contributed by atoms with E-state index in [1.165, 1.54) is 13.2 Å². The van der Waals surface area contributed by atoms with Crippen LogP contribution in [0.1, 0.15) is 54.9 Å². The number of hydrogen-bond acceptors (Lipinski definition) is 6. The predicted octanol–water partition coefficient (Wildman–Crippen LogP) is 5.79. The molecular formula is C31H30FNO5. The van der Waals surface area contributed by atoms with Crippen LogP contribution >= 0.6 is 0 Å². The average molecular weight is 516 g/mol. The maximum absolute atomic E-state index is 15.1. The first-order valence-electron chi connectivity index (χ1n) is 12.8. The Kier molecular flexibility index (Phi) is 7.90. The summed E-state index contributed by atoms with van der Waals surface area (Å²) in [5.41, 5.74) is 4.13. The molecule has 2 aromatic carbocycles. The second kappa shape index (κ2) is 11.7. The molecule has 2 unspecified atom stereocenters. The normalized spacial score (nSPS) is 18.7. The number of pyridine rings is 1. The molecule has 1 aromatic heterocycles. The molecule has 7 heteroatoms. The Morgan fingerprint density at radius 2 is 1.97 bits per heavy atom. The summed E-state index contributed by atoms with van der Waals surface area (Å²) in [5, 5.41) is 0. The molecule has 1 aliphatic carbocycles. The molecule has 3 aromatic rings. The summed E-state index contributed by atoms with van der Waals surface area (Å²) in [7, 11) is 1.37. The van der Waals surface area contributed by atoms with E-state index in [9.17, 15) is 4.79 Å². The van der Waals surface area contributed by atoms with Gasteiger partial charge in [-0.25, -0.2) is 9.37 Å². The summed E-state index contributed by atoms with van der Waals surface area (Å²) >= 11 is 0. The number of halogens is 1. The van der Waals surface area contributed by atoms with Crippen molar-refractivity contribution in [3.8, 4) is 34.6 Å². The zero-order chi connectivity index (χ0) is 26.5. The van der Waals surface area contributed by atoms with Crippen molar-refractivity contribution in [3.63, 3.8) is 0 Å². The van der Waals surface area contributed by atoms with Crippen LogP contribution < -0.4 is 9.47 Å². The topological polar surface area (TPSA) is 66.9 Å². The molecule has 3 atom stereocenters. The largest absolute Gasteiger partial charge is 0.486 e. The van der Waals surface area contributed by atoms with Crippen molar-refractivity contribution in [2.75, 3.05) is 20.3 Å². The number of ether oxygens (including phenoxy) is 4. The molecule has 0 spiro atoms. The highest BCUT2D eigenvalue weighted by Gasteiger charge is 2.29. The maximum Gasteiger partial charge on any atom is 0.307 e. The molecule has 0 amide bonds. The standard InChI is InChI=1S/C31H30FNO5/c1-3-4-21(17-30(34)35-2)20-5-8-23(9-6-20)37-28-13-11-26-25(28)10-12-27(32)31(26)22-7-14-29(33-18-22)38-24-15-16-36-19-24/h5-10,12,14,18,21,24,28H,11,13,15-17,19H2,1-2H3/t21?,24?,28-/m1/s1. The molecule has 0 saturated carbocycles. The fourth-order valence-electron chi connectivity index (χ4n) is 5.07. The number of esters is 1. The summed E-state index contributed by atoms with van der Waals surface area (Å²) in [6.45, 7) is 3.01. The molecule has 38 heavy (non-hydrogen) atoms. The maximum atomic E-state index is 15.1. The van der Waals surface area contributed by atoms with Crippen molar-refractivity contribution in [1.29, 1.82) is 0 Å². The van der Waals surface area contributed by atoms with Gasteiger partial charge in [0.25, 0.3) is 0 Å². The van der Waals surface area contributed by atoms with Crippen LogP contribution in [0.3, 0.4) is 0 Å². The predicted molar refractivity (Wildman–Crippen MR) is 140 cm³/mol. The zero-order valence-electron chi connectivity index (χ0n) is 21.5. The van der Waals surface area contributed by atoms with Crippen LogP contribution in [0.5, 0.6) is 11.6 Å². The Labute approximate surface area is 222 Å². The van der Waals surface area contributed by atoms with E-state index in [4.69, 9.17) is 18.9 Å². The van der Waals surface area contributed by atoms with Crippen molar-refractivity contribution in [3.05, 3.63) is 77.2 Å². The van der Waals surface area contributed by atoms with Crippen LogP contribution in [0.15, 0.2) is 54.7 Å². The lowest BCUT2D eigenvalue weighted by molar-refractivity contribution is -0.140. The lowest BCUT2D eigenvalue weighted by Gasteiger charge is -2.17. The van der Waals surface area contributed by atoms with Gasteiger partial charge in [0.15, 0.2) is 0 Å². The number of rotatable bonds is 8. The Bertz CT molecular complexity index is 1340. The van der Waals surface area contributed by atoms with E-state index in [-0.39, 0.29) is 36.3 Å². The Hall–Kier alpha value is -3.89. The van der Waals surface area contributed by atoms with Crippen molar-refractivity contribution in [1.82, 2.24) is 4.98 Å². The number of carbonyl (C=O) groups excluding carboxylic acids is 1. The van der Waals surface area contributed by atoms with Gasteiger partial charge in [-0.3, -0.25) is 4.79 Å². The van der Waals surface area contributed by atoms with E-state index in [1.807, 2.05) is 36.4 Å². The molecule has 0 bridgehead atoms. The summed E-state index contributed by atoms with van der Waals surface area (Å²) in [6, 6.07) is 14.6. The number of benzene rings is 2. The van der Waals surface area contributed by atoms with E-state index in [0.29, 0.717) is 42.4 Å². The number of hydrogen-bond donors (Lipinski definition) is 0. The number of aromatic nitrogens is 1. The average Bonchev–Trinajstić information content (AvgIpc) is 3.59. The van der Waals surface area contributed by atoms with Crippen LogP contribution in [0.4, 0.5) is 4.39 Å². The van der Waals surface area contributed by atoms with Gasteiger partial charge in [-0.2, -0.15) is 0 Å². The Morgan fingerprint density at radius 3 is 2.66 bits per heavy atom. The summed E-state index contributed by atoms with van der Waals surface area (Å²) in [5.74, 6) is 6.36. The van der Waals surface area contributed by atoms with Gasteiger partial charge < -0.3 is 18.9 Å². The number of methoxy groups -OCH3 is 1. The first-order valence-corrected chi connectivity index (χ1v) is 12.8. The third-order valence-electron chi connectivity index (χ3n) is 6.98. The van der Waals surface area contributed by atoms with Gasteiger partial charge in [0, 0.05) is 29.8 Å². The lowest BCUT2D eigenvalue weighted by atomic mass is 9.96. The molecule has 2 aliphatic rings. The van der Waals surface area contributed by atoms with E-state index < -0.39 is 0 Å². The van der Waals surface area contributed by atoms with E-state index in [2.05, 4.69) is 16.8 Å². The summed E-state index contributed by atoms with van der Waals surface area (Å²) < 4.78 is 37.4. The number of nitrogens with zero attached hydrogens (tertiary/aromatic N) is 1. The van der Waals surface area contributed by atoms with E-state index in [0.717, 1.165) is 29.5 Å². The molecule has 1 saturated heterocycles. The van der Waals surface area contributed by atoms with E-state index >= 15 is 4.39 Å². The number of carbonyl (C=O) groups is 1. The van der Waals surface area contributed by atoms with Gasteiger partial charge in [-0.1, -0.05) is 24.1 Å². The highest BCUT2D eigenvalue weighted by Crippen LogP contribution is 2.41. The van der Waals surface area contributed by atoms with Gasteiger partial charge in [-0.05, 0) is 60.7 Å². The van der Waals surface area contributed by atoms with Gasteiger partial charge >= 0.3 is 5.97 Å². The second-order valence-corrected chi connectivity index (χ2v) is 9.42. The van der Waals surface area contributed by atoms with Crippen LogP contribution in [-0.2, 0) is 20.7 Å². The second-order valence-electron chi connectivity index (χ2n) is 9.42. The van der Waals surface area contributed by atoms with E-state index in [1.54, 1.807) is 19.2 Å². The quantitative estimate of drug-likeness (QED) is 0.279. The first-order chi connectivity index (χ1) is 18.6. The van der Waals surface area contributed by atoms with Crippen molar-refractivity contribution in [2.45, 2.75) is 50.7 Å². The molecule has 196 valence electrons. The van der Waals surface area contributed by atoms with Gasteiger partial charge in [0.2, 0.25) is 5.88 Å². The highest BCUT2D eigenvalue weighted by molar-refractivity contribution is 5.71. The van der Waals surface area contributed by atoms with Crippen molar-refractivity contribution in [2.24, 2.45) is 0 Å². The Morgan fingerprint density at radius 1 is 1.13 bits per heavy atom. The van der Waals surface area contributed by atoms with Gasteiger partial charge in [0.1, 0.15) is 23.8 Å². The first kappa shape index (κ1) is 25.7. The lowest BCUT2D eigenvalue weighted by Crippen LogP contribution is -2.16. The minimum Gasteiger partial charge on any atom is -0.486 e. The molecule has 2 heterocycles. The Balaban J connectivity index is 1.31. The molecule has 5 rings (SSSR count). The molecular weight excluding hydrogens is 485 g/mol. The SMILES string of the molecule is CC#CC(CC(=O)OC)c1ccc(O[C@@H]2CCc3c2ccc(F)c3-c2ccc(OC3CCOC3)nc2)cc1. The van der Waals surface area contributed by atoms with Gasteiger partial charge in [-0.15, -0.1) is 5.92 Å². The van der Waals surface area contributed by atoms with Crippen LogP contribution in [0.25, 0.3) is 11.1 Å². The van der Waals surface area contributed by atoms with Crippen LogP contribution in [0.2, 0.25) is 0 Å². The third kappa shape index (κ3) is 5.66. The summed E-state index contributed by atoms with van der Waals surface area (Å²) in [4.78, 5) is 16.2. The monoisotopic (exact) mass is 515 g/mol. The number of fused-ring (bicyclic) bond motifs is 1. The molecule has 1 fully saturated rings. The summed E-state index contributed by atoms with van der Waals surface area (Å²) in [6.07, 6.45) is 3.98. The minimum absolute atomic E-state index is 0.0105. The van der Waals surface area contributed by atoms with Crippen LogP contribution in [0, 0.1) is 17.7 Å². The molecule has 1 aliphatic heterocycles. The molecule has 6 nitrogen and oxygen atoms in total. The zero-order valence-corrected chi connectivity index (χ0v) is 21.5. The smallest absolute Gasteiger partial charge is 0.307 e. The molecule has 0 radical (unpaired) electrons.